The summed E-state index contributed by atoms with van der Waals surface area (Å²) in [5.41, 5.74) is -1.13. The van der Waals surface area contributed by atoms with Crippen LogP contribution in [0.25, 0.3) is 10.9 Å². The van der Waals surface area contributed by atoms with Crippen molar-refractivity contribution in [2.75, 3.05) is 6.61 Å². The third kappa shape index (κ3) is 3.08. The SMILES string of the molecule is CCOC(=O)C12C=CC=CC=C1C(c1ccccc1)n1c2c(C(F)(F)F)c2cc(Cl)ccc21. The summed E-state index contributed by atoms with van der Waals surface area (Å²) >= 11 is 6.12. The van der Waals surface area contributed by atoms with Crippen molar-refractivity contribution in [3.63, 3.8) is 0 Å². The minimum atomic E-state index is -4.73. The Labute approximate surface area is 193 Å². The van der Waals surface area contributed by atoms with Crippen LogP contribution in [0.2, 0.25) is 5.02 Å². The first-order valence-corrected chi connectivity index (χ1v) is 10.9. The minimum absolute atomic E-state index is 0.0402. The molecule has 0 saturated carbocycles. The third-order valence-corrected chi connectivity index (χ3v) is 6.42. The number of hydrogen-bond donors (Lipinski definition) is 0. The van der Waals surface area contributed by atoms with Crippen molar-refractivity contribution in [3.05, 3.63) is 106 Å². The number of benzene rings is 2. The van der Waals surface area contributed by atoms with Gasteiger partial charge in [0.2, 0.25) is 0 Å². The summed E-state index contributed by atoms with van der Waals surface area (Å²) in [4.78, 5) is 13.6. The van der Waals surface area contributed by atoms with Gasteiger partial charge < -0.3 is 9.30 Å². The lowest BCUT2D eigenvalue weighted by molar-refractivity contribution is -0.147. The van der Waals surface area contributed by atoms with Gasteiger partial charge in [0.1, 0.15) is 0 Å². The number of esters is 1. The van der Waals surface area contributed by atoms with Crippen LogP contribution in [0, 0.1) is 0 Å². The highest BCUT2D eigenvalue weighted by molar-refractivity contribution is 6.31. The van der Waals surface area contributed by atoms with E-state index in [9.17, 15) is 18.0 Å². The molecule has 0 fully saturated rings. The maximum atomic E-state index is 14.7. The zero-order valence-electron chi connectivity index (χ0n) is 17.6. The molecule has 0 radical (unpaired) electrons. The number of allylic oxidation sites excluding steroid dienone is 4. The van der Waals surface area contributed by atoms with Gasteiger partial charge in [0.05, 0.1) is 23.9 Å². The zero-order chi connectivity index (χ0) is 23.4. The molecule has 168 valence electrons. The number of carbonyl (C=O) groups is 1. The predicted octanol–water partition coefficient (Wildman–Crippen LogP) is 6.77. The normalized spacial score (nSPS) is 21.5. The number of halogens is 4. The number of aromatic nitrogens is 1. The Kier molecular flexibility index (Phi) is 5.01. The maximum Gasteiger partial charge on any atom is 0.418 e. The van der Waals surface area contributed by atoms with E-state index in [0.717, 1.165) is 5.56 Å². The lowest BCUT2D eigenvalue weighted by Crippen LogP contribution is -2.37. The quantitative estimate of drug-likeness (QED) is 0.396. The van der Waals surface area contributed by atoms with Crippen LogP contribution in [0.4, 0.5) is 13.2 Å². The Morgan fingerprint density at radius 1 is 1.12 bits per heavy atom. The molecule has 2 aromatic carbocycles. The molecule has 3 nitrogen and oxygen atoms in total. The monoisotopic (exact) mass is 469 g/mol. The van der Waals surface area contributed by atoms with Crippen molar-refractivity contribution in [2.24, 2.45) is 0 Å². The summed E-state index contributed by atoms with van der Waals surface area (Å²) in [5.74, 6) is -0.740. The van der Waals surface area contributed by atoms with Crippen LogP contribution in [0.1, 0.15) is 29.8 Å². The fourth-order valence-corrected chi connectivity index (χ4v) is 5.21. The van der Waals surface area contributed by atoms with Gasteiger partial charge in [-0.2, -0.15) is 13.2 Å². The average molecular weight is 470 g/mol. The van der Waals surface area contributed by atoms with E-state index in [4.69, 9.17) is 16.3 Å². The summed E-state index contributed by atoms with van der Waals surface area (Å²) in [5, 5.41) is 0.145. The Morgan fingerprint density at radius 2 is 1.88 bits per heavy atom. The highest BCUT2D eigenvalue weighted by Gasteiger charge is 2.59. The number of hydrogen-bond acceptors (Lipinski definition) is 2. The van der Waals surface area contributed by atoms with Crippen molar-refractivity contribution >= 4 is 28.5 Å². The highest BCUT2D eigenvalue weighted by atomic mass is 35.5. The van der Waals surface area contributed by atoms with E-state index in [0.29, 0.717) is 11.1 Å². The average Bonchev–Trinajstić information content (AvgIpc) is 3.14. The van der Waals surface area contributed by atoms with Gasteiger partial charge in [-0.15, -0.1) is 0 Å². The molecule has 1 aliphatic carbocycles. The summed E-state index contributed by atoms with van der Waals surface area (Å²) in [6.07, 6.45) is 3.55. The largest absolute Gasteiger partial charge is 0.465 e. The molecule has 0 spiro atoms. The second-order valence-electron chi connectivity index (χ2n) is 7.96. The fraction of sp³-hybridized carbons (Fsp3) is 0.192. The lowest BCUT2D eigenvalue weighted by atomic mass is 9.74. The van der Waals surface area contributed by atoms with Crippen LogP contribution < -0.4 is 0 Å². The summed E-state index contributed by atoms with van der Waals surface area (Å²) < 4.78 is 51.1. The van der Waals surface area contributed by atoms with Crippen molar-refractivity contribution in [3.8, 4) is 0 Å². The van der Waals surface area contributed by atoms with Gasteiger partial charge in [0.15, 0.2) is 5.41 Å². The van der Waals surface area contributed by atoms with Gasteiger partial charge >= 0.3 is 12.1 Å². The first-order chi connectivity index (χ1) is 15.8. The lowest BCUT2D eigenvalue weighted by Gasteiger charge is -2.28. The Hall–Kier alpha value is -3.25. The van der Waals surface area contributed by atoms with Crippen molar-refractivity contribution in [1.29, 1.82) is 0 Å². The van der Waals surface area contributed by atoms with Crippen LogP contribution in [-0.4, -0.2) is 17.1 Å². The summed E-state index contributed by atoms with van der Waals surface area (Å²) in [7, 11) is 0. The number of carbonyl (C=O) groups excluding carboxylic acids is 1. The smallest absolute Gasteiger partial charge is 0.418 e. The van der Waals surface area contributed by atoms with Crippen LogP contribution in [0.15, 0.2) is 84.5 Å². The van der Waals surface area contributed by atoms with Gasteiger partial charge in [-0.1, -0.05) is 72.3 Å². The Morgan fingerprint density at radius 3 is 2.58 bits per heavy atom. The van der Waals surface area contributed by atoms with E-state index in [2.05, 4.69) is 0 Å². The van der Waals surface area contributed by atoms with Gasteiger partial charge in [-0.05, 0) is 36.3 Å². The zero-order valence-corrected chi connectivity index (χ0v) is 18.3. The molecule has 7 heteroatoms. The number of nitrogens with zero attached hydrogens (tertiary/aromatic N) is 1. The molecule has 3 aromatic rings. The van der Waals surface area contributed by atoms with Crippen LogP contribution in [0.5, 0.6) is 0 Å². The molecule has 2 aliphatic rings. The molecule has 1 aliphatic heterocycles. The van der Waals surface area contributed by atoms with Crippen LogP contribution in [0.3, 0.4) is 0 Å². The molecule has 1 aromatic heterocycles. The highest BCUT2D eigenvalue weighted by Crippen LogP contribution is 2.58. The molecule has 0 saturated heterocycles. The van der Waals surface area contributed by atoms with Gasteiger partial charge in [-0.3, -0.25) is 4.79 Å². The van der Waals surface area contributed by atoms with E-state index in [1.807, 2.05) is 30.3 Å². The van der Waals surface area contributed by atoms with E-state index < -0.39 is 29.2 Å². The first-order valence-electron chi connectivity index (χ1n) is 10.5. The molecular formula is C26H19ClF3NO2. The number of ether oxygens (including phenoxy) is 1. The van der Waals surface area contributed by atoms with Crippen molar-refractivity contribution < 1.29 is 22.7 Å². The Bertz CT molecular complexity index is 1350. The molecule has 2 unspecified atom stereocenters. The molecule has 2 heterocycles. The molecular weight excluding hydrogens is 451 g/mol. The summed E-state index contributed by atoms with van der Waals surface area (Å²) in [6.45, 7) is 1.68. The second-order valence-corrected chi connectivity index (χ2v) is 8.40. The third-order valence-electron chi connectivity index (χ3n) is 6.19. The number of fused-ring (bicyclic) bond motifs is 5. The molecule has 0 N–H and O–H groups in total. The van der Waals surface area contributed by atoms with Gasteiger partial charge in [-0.25, -0.2) is 0 Å². The molecule has 0 amide bonds. The maximum absolute atomic E-state index is 14.7. The topological polar surface area (TPSA) is 31.2 Å². The van der Waals surface area contributed by atoms with Gasteiger partial charge in [0.25, 0.3) is 0 Å². The van der Waals surface area contributed by atoms with E-state index in [1.54, 1.807) is 47.9 Å². The minimum Gasteiger partial charge on any atom is -0.465 e. The standard InChI is InChI=1S/C26H19ClF3NO2/c1-2-33-24(32)25-14-8-4-7-11-19(25)22(16-9-5-3-6-10-16)31-20-13-12-17(27)15-18(20)21(23(25)31)26(28,29)30/h3-15,22H,2H2,1H3. The predicted molar refractivity (Wildman–Crippen MR) is 121 cm³/mol. The van der Waals surface area contributed by atoms with E-state index in [1.165, 1.54) is 12.1 Å². The molecule has 2 atom stereocenters. The van der Waals surface area contributed by atoms with Crippen LogP contribution in [-0.2, 0) is 21.1 Å². The van der Waals surface area contributed by atoms with E-state index in [-0.39, 0.29) is 22.7 Å². The summed E-state index contributed by atoms with van der Waals surface area (Å²) in [6, 6.07) is 13.0. The fourth-order valence-electron chi connectivity index (χ4n) is 5.03. The number of alkyl halides is 3. The molecule has 5 rings (SSSR count). The number of rotatable bonds is 3. The second kappa shape index (κ2) is 7.66. The van der Waals surface area contributed by atoms with Crippen LogP contribution >= 0.6 is 11.6 Å². The molecule has 0 bridgehead atoms. The van der Waals surface area contributed by atoms with E-state index >= 15 is 0 Å². The van der Waals surface area contributed by atoms with Gasteiger partial charge in [0, 0.05) is 15.9 Å². The van der Waals surface area contributed by atoms with Crippen molar-refractivity contribution in [1.82, 2.24) is 4.57 Å². The first kappa shape index (κ1) is 21.6. The van der Waals surface area contributed by atoms with Crippen molar-refractivity contribution in [2.45, 2.75) is 24.6 Å². The molecule has 33 heavy (non-hydrogen) atoms. The Balaban J connectivity index is 2.00.